The van der Waals surface area contributed by atoms with Crippen LogP contribution in [0.15, 0.2) is 18.2 Å². The molecule has 14 heavy (non-hydrogen) atoms. The number of nitrogens with zero attached hydrogens (tertiary/aromatic N) is 1. The predicted molar refractivity (Wildman–Crippen MR) is 60.3 cm³/mol. The van der Waals surface area contributed by atoms with Crippen molar-refractivity contribution < 1.29 is 0 Å². The molecule has 0 fully saturated rings. The van der Waals surface area contributed by atoms with E-state index in [9.17, 15) is 0 Å². The molecule has 0 radical (unpaired) electrons. The highest BCUT2D eigenvalue weighted by atomic mass is 15.1. The van der Waals surface area contributed by atoms with Crippen LogP contribution in [0.4, 0.5) is 0 Å². The summed E-state index contributed by atoms with van der Waals surface area (Å²) in [6, 6.07) is 6.76. The van der Waals surface area contributed by atoms with Crippen molar-refractivity contribution >= 4 is 0 Å². The highest BCUT2D eigenvalue weighted by molar-refractivity contribution is 5.39. The molecular weight excluding hydrogens is 170 g/mol. The summed E-state index contributed by atoms with van der Waals surface area (Å²) in [7, 11) is 0. The van der Waals surface area contributed by atoms with Crippen LogP contribution in [0.5, 0.6) is 0 Å². The molecule has 1 aliphatic rings. The van der Waals surface area contributed by atoms with Gasteiger partial charge in [-0.25, -0.2) is 0 Å². The Morgan fingerprint density at radius 1 is 1.29 bits per heavy atom. The lowest BCUT2D eigenvalue weighted by molar-refractivity contribution is 0.300. The van der Waals surface area contributed by atoms with Gasteiger partial charge >= 0.3 is 0 Å². The van der Waals surface area contributed by atoms with Crippen LogP contribution in [0.1, 0.15) is 43.4 Å². The maximum Gasteiger partial charge on any atom is 0.0243 e. The van der Waals surface area contributed by atoms with Gasteiger partial charge in [0.1, 0.15) is 0 Å². The number of benzene rings is 1. The lowest BCUT2D eigenvalue weighted by Gasteiger charge is -2.12. The fourth-order valence-electron chi connectivity index (χ4n) is 2.28. The van der Waals surface area contributed by atoms with Crippen molar-refractivity contribution in [3.05, 3.63) is 34.9 Å². The summed E-state index contributed by atoms with van der Waals surface area (Å²) in [4.78, 5) is 2.50. The number of hydrogen-bond donors (Lipinski definition) is 0. The minimum absolute atomic E-state index is 0.654. The van der Waals surface area contributed by atoms with Gasteiger partial charge in [-0.15, -0.1) is 0 Å². The Labute approximate surface area is 86.7 Å². The third kappa shape index (κ3) is 1.57. The van der Waals surface area contributed by atoms with Crippen LogP contribution < -0.4 is 0 Å². The van der Waals surface area contributed by atoms with Crippen molar-refractivity contribution in [2.24, 2.45) is 0 Å². The third-order valence-electron chi connectivity index (χ3n) is 3.15. The Hall–Kier alpha value is -0.820. The second-order valence-corrected chi connectivity index (χ2v) is 4.44. The van der Waals surface area contributed by atoms with Crippen molar-refractivity contribution in [1.29, 1.82) is 0 Å². The lowest BCUT2D eigenvalue weighted by Crippen LogP contribution is -2.14. The number of rotatable bonds is 2. The molecule has 1 aromatic rings. The minimum Gasteiger partial charge on any atom is -0.295 e. The SMILES string of the molecule is CCN1Cc2cccc(C(C)C)c2C1. The monoisotopic (exact) mass is 189 g/mol. The van der Waals surface area contributed by atoms with Gasteiger partial charge in [0, 0.05) is 13.1 Å². The number of fused-ring (bicyclic) bond motifs is 1. The first-order valence-corrected chi connectivity index (χ1v) is 5.55. The van der Waals surface area contributed by atoms with E-state index in [-0.39, 0.29) is 0 Å². The van der Waals surface area contributed by atoms with E-state index in [1.165, 1.54) is 5.56 Å². The Kier molecular flexibility index (Phi) is 2.60. The van der Waals surface area contributed by atoms with Crippen LogP contribution in [-0.2, 0) is 13.1 Å². The summed E-state index contributed by atoms with van der Waals surface area (Å²) in [5, 5.41) is 0. The van der Waals surface area contributed by atoms with Crippen LogP contribution in [0.25, 0.3) is 0 Å². The molecule has 0 atom stereocenters. The smallest absolute Gasteiger partial charge is 0.0243 e. The average molecular weight is 189 g/mol. The lowest BCUT2D eigenvalue weighted by atomic mass is 9.95. The Balaban J connectivity index is 2.36. The van der Waals surface area contributed by atoms with E-state index < -0.39 is 0 Å². The van der Waals surface area contributed by atoms with Crippen molar-refractivity contribution in [2.75, 3.05) is 6.54 Å². The molecule has 2 rings (SSSR count). The van der Waals surface area contributed by atoms with E-state index in [4.69, 9.17) is 0 Å². The molecular formula is C13H19N. The summed E-state index contributed by atoms with van der Waals surface area (Å²) < 4.78 is 0. The molecule has 76 valence electrons. The Bertz CT molecular complexity index is 328. The topological polar surface area (TPSA) is 3.24 Å². The van der Waals surface area contributed by atoms with Gasteiger partial charge in [0.2, 0.25) is 0 Å². The summed E-state index contributed by atoms with van der Waals surface area (Å²) in [5.74, 6) is 0.654. The Morgan fingerprint density at radius 3 is 2.71 bits per heavy atom. The normalized spacial score (nSPS) is 16.3. The molecule has 0 N–H and O–H groups in total. The first kappa shape index (κ1) is 9.72. The van der Waals surface area contributed by atoms with Gasteiger partial charge < -0.3 is 0 Å². The summed E-state index contributed by atoms with van der Waals surface area (Å²) in [5.41, 5.74) is 4.67. The van der Waals surface area contributed by atoms with Gasteiger partial charge in [0.25, 0.3) is 0 Å². The maximum absolute atomic E-state index is 2.50. The van der Waals surface area contributed by atoms with Crippen molar-refractivity contribution in [3.63, 3.8) is 0 Å². The predicted octanol–water partition coefficient (Wildman–Crippen LogP) is 3.15. The molecule has 0 unspecified atom stereocenters. The molecule has 0 aromatic heterocycles. The molecule has 1 heterocycles. The van der Waals surface area contributed by atoms with Gasteiger partial charge in [-0.2, -0.15) is 0 Å². The first-order valence-electron chi connectivity index (χ1n) is 5.55. The Morgan fingerprint density at radius 2 is 2.07 bits per heavy atom. The quantitative estimate of drug-likeness (QED) is 0.691. The minimum atomic E-state index is 0.654. The van der Waals surface area contributed by atoms with Gasteiger partial charge in [-0.1, -0.05) is 39.0 Å². The molecule has 1 aliphatic heterocycles. The van der Waals surface area contributed by atoms with E-state index in [0.29, 0.717) is 5.92 Å². The summed E-state index contributed by atoms with van der Waals surface area (Å²) in [6.07, 6.45) is 0. The molecule has 0 saturated carbocycles. The van der Waals surface area contributed by atoms with E-state index in [0.717, 1.165) is 19.6 Å². The van der Waals surface area contributed by atoms with Crippen LogP contribution >= 0.6 is 0 Å². The molecule has 1 nitrogen and oxygen atoms in total. The van der Waals surface area contributed by atoms with Crippen LogP contribution in [0, 0.1) is 0 Å². The van der Waals surface area contributed by atoms with E-state index in [2.05, 4.69) is 43.9 Å². The second kappa shape index (κ2) is 3.74. The second-order valence-electron chi connectivity index (χ2n) is 4.44. The van der Waals surface area contributed by atoms with Gasteiger partial charge in [0.05, 0.1) is 0 Å². The fraction of sp³-hybridized carbons (Fsp3) is 0.538. The van der Waals surface area contributed by atoms with Gasteiger partial charge in [-0.05, 0) is 29.2 Å². The molecule has 0 amide bonds. The zero-order valence-corrected chi connectivity index (χ0v) is 9.38. The zero-order valence-electron chi connectivity index (χ0n) is 9.38. The van der Waals surface area contributed by atoms with Crippen LogP contribution in [0.2, 0.25) is 0 Å². The largest absolute Gasteiger partial charge is 0.295 e. The molecule has 0 saturated heterocycles. The molecule has 0 spiro atoms. The molecule has 1 heteroatoms. The average Bonchev–Trinajstić information content (AvgIpc) is 2.59. The summed E-state index contributed by atoms with van der Waals surface area (Å²) in [6.45, 7) is 10.3. The zero-order chi connectivity index (χ0) is 10.1. The van der Waals surface area contributed by atoms with E-state index in [1.54, 1.807) is 11.1 Å². The molecule has 1 aromatic carbocycles. The highest BCUT2D eigenvalue weighted by Crippen LogP contribution is 2.29. The van der Waals surface area contributed by atoms with Crippen molar-refractivity contribution in [2.45, 2.75) is 39.8 Å². The maximum atomic E-state index is 2.50. The van der Waals surface area contributed by atoms with Crippen LogP contribution in [0.3, 0.4) is 0 Å². The highest BCUT2D eigenvalue weighted by Gasteiger charge is 2.20. The van der Waals surface area contributed by atoms with Crippen molar-refractivity contribution in [1.82, 2.24) is 4.90 Å². The van der Waals surface area contributed by atoms with Gasteiger partial charge in [0.15, 0.2) is 0 Å². The standard InChI is InChI=1S/C13H19N/c1-4-14-8-11-6-5-7-12(10(2)3)13(11)9-14/h5-7,10H,4,8-9H2,1-3H3. The van der Waals surface area contributed by atoms with Crippen LogP contribution in [-0.4, -0.2) is 11.4 Å². The first-order chi connectivity index (χ1) is 6.72. The van der Waals surface area contributed by atoms with Gasteiger partial charge in [-0.3, -0.25) is 4.90 Å². The number of hydrogen-bond acceptors (Lipinski definition) is 1. The third-order valence-corrected chi connectivity index (χ3v) is 3.15. The molecule has 0 bridgehead atoms. The van der Waals surface area contributed by atoms with Crippen molar-refractivity contribution in [3.8, 4) is 0 Å². The van der Waals surface area contributed by atoms with E-state index >= 15 is 0 Å². The summed E-state index contributed by atoms with van der Waals surface area (Å²) >= 11 is 0. The fourth-order valence-corrected chi connectivity index (χ4v) is 2.28. The molecule has 0 aliphatic carbocycles. The van der Waals surface area contributed by atoms with E-state index in [1.807, 2.05) is 0 Å².